The molecule has 0 saturated heterocycles. The molecule has 92 valence electrons. The van der Waals surface area contributed by atoms with Crippen LogP contribution in [0.4, 0.5) is 0 Å². The van der Waals surface area contributed by atoms with E-state index in [0.717, 1.165) is 11.6 Å². The molecule has 1 aromatic heterocycles. The molecule has 2 N–H and O–H groups in total. The number of H-pyrrole nitrogens is 1. The summed E-state index contributed by atoms with van der Waals surface area (Å²) in [7, 11) is 0. The minimum Gasteiger partial charge on any atom is -0.305 e. The summed E-state index contributed by atoms with van der Waals surface area (Å²) >= 11 is 0. The quantitative estimate of drug-likeness (QED) is 0.748. The number of nitrogens with one attached hydrogen (secondary N) is 2. The van der Waals surface area contributed by atoms with Crippen molar-refractivity contribution in [1.82, 2.24) is 20.5 Å². The number of aromatic nitrogens is 3. The van der Waals surface area contributed by atoms with E-state index in [1.54, 1.807) is 0 Å². The Kier molecular flexibility index (Phi) is 5.46. The van der Waals surface area contributed by atoms with Gasteiger partial charge in [-0.15, -0.1) is 0 Å². The van der Waals surface area contributed by atoms with Crippen molar-refractivity contribution in [3.63, 3.8) is 0 Å². The van der Waals surface area contributed by atoms with Crippen LogP contribution in [0.3, 0.4) is 0 Å². The van der Waals surface area contributed by atoms with Crippen LogP contribution < -0.4 is 5.32 Å². The molecule has 0 aliphatic heterocycles. The largest absolute Gasteiger partial charge is 0.305 e. The lowest BCUT2D eigenvalue weighted by Gasteiger charge is -2.20. The van der Waals surface area contributed by atoms with E-state index in [2.05, 4.69) is 41.3 Å². The first-order valence-corrected chi connectivity index (χ1v) is 6.32. The fraction of sp³-hybridized carbons (Fsp3) is 0.833. The molecule has 1 unspecified atom stereocenters. The Labute approximate surface area is 98.2 Å². The van der Waals surface area contributed by atoms with Crippen molar-refractivity contribution in [2.24, 2.45) is 0 Å². The molecule has 1 rings (SSSR count). The maximum atomic E-state index is 4.35. The molecule has 0 fully saturated rings. The number of aryl methyl sites for hydroxylation is 1. The second-order valence-corrected chi connectivity index (χ2v) is 4.44. The van der Waals surface area contributed by atoms with Gasteiger partial charge in [-0.25, -0.2) is 4.98 Å². The Morgan fingerprint density at radius 1 is 1.25 bits per heavy atom. The lowest BCUT2D eigenvalue weighted by Crippen LogP contribution is -2.31. The summed E-state index contributed by atoms with van der Waals surface area (Å²) in [5, 5.41) is 10.7. The van der Waals surface area contributed by atoms with Crippen LogP contribution in [0.2, 0.25) is 0 Å². The van der Waals surface area contributed by atoms with Gasteiger partial charge in [0.25, 0.3) is 0 Å². The first kappa shape index (κ1) is 13.2. The molecular formula is C12H24N4. The van der Waals surface area contributed by atoms with Gasteiger partial charge in [-0.1, -0.05) is 26.7 Å². The number of rotatable bonds is 7. The maximum absolute atomic E-state index is 4.35. The highest BCUT2D eigenvalue weighted by Gasteiger charge is 2.14. The minimum atomic E-state index is 0.230. The van der Waals surface area contributed by atoms with E-state index in [0.29, 0.717) is 6.04 Å². The van der Waals surface area contributed by atoms with Crippen LogP contribution >= 0.6 is 0 Å². The number of hydrogen-bond donors (Lipinski definition) is 2. The average molecular weight is 224 g/mol. The second-order valence-electron chi connectivity index (χ2n) is 4.44. The molecular weight excluding hydrogens is 200 g/mol. The van der Waals surface area contributed by atoms with Crippen LogP contribution in [-0.4, -0.2) is 21.2 Å². The third kappa shape index (κ3) is 3.93. The van der Waals surface area contributed by atoms with Crippen molar-refractivity contribution >= 4 is 0 Å². The van der Waals surface area contributed by atoms with Crippen LogP contribution in [0, 0.1) is 6.92 Å². The molecule has 4 nitrogen and oxygen atoms in total. The van der Waals surface area contributed by atoms with E-state index in [1.165, 1.54) is 25.7 Å². The van der Waals surface area contributed by atoms with Crippen molar-refractivity contribution < 1.29 is 0 Å². The molecule has 0 radical (unpaired) electrons. The molecule has 0 saturated carbocycles. The highest BCUT2D eigenvalue weighted by atomic mass is 15.2. The average Bonchev–Trinajstić information content (AvgIpc) is 2.65. The highest BCUT2D eigenvalue weighted by Crippen LogP contribution is 2.12. The van der Waals surface area contributed by atoms with Crippen molar-refractivity contribution in [1.29, 1.82) is 0 Å². The summed E-state index contributed by atoms with van der Waals surface area (Å²) in [4.78, 5) is 4.35. The standard InChI is InChI=1S/C12H24N4/c1-5-7-11(8-6-2)13-9(3)12-14-10(4)15-16-12/h9,11,13H,5-8H2,1-4H3,(H,14,15,16). The van der Waals surface area contributed by atoms with Gasteiger partial charge in [0.1, 0.15) is 5.82 Å². The summed E-state index contributed by atoms with van der Waals surface area (Å²) in [6, 6.07) is 0.817. The second kappa shape index (κ2) is 6.63. The van der Waals surface area contributed by atoms with E-state index in [9.17, 15) is 0 Å². The molecule has 0 aromatic carbocycles. The number of aromatic amines is 1. The summed E-state index contributed by atoms with van der Waals surface area (Å²) in [5.41, 5.74) is 0. The summed E-state index contributed by atoms with van der Waals surface area (Å²) in [5.74, 6) is 1.75. The Hall–Kier alpha value is -0.900. The van der Waals surface area contributed by atoms with Crippen LogP contribution in [0.25, 0.3) is 0 Å². The Balaban J connectivity index is 2.50. The molecule has 0 aliphatic rings. The maximum Gasteiger partial charge on any atom is 0.167 e. The summed E-state index contributed by atoms with van der Waals surface area (Å²) < 4.78 is 0. The monoisotopic (exact) mass is 224 g/mol. The molecule has 1 heterocycles. The lowest BCUT2D eigenvalue weighted by atomic mass is 10.1. The topological polar surface area (TPSA) is 53.6 Å². The summed E-state index contributed by atoms with van der Waals surface area (Å²) in [6.07, 6.45) is 4.89. The Morgan fingerprint density at radius 2 is 1.88 bits per heavy atom. The van der Waals surface area contributed by atoms with Crippen LogP contribution in [-0.2, 0) is 0 Å². The van der Waals surface area contributed by atoms with Gasteiger partial charge in [0.2, 0.25) is 0 Å². The predicted molar refractivity (Wildman–Crippen MR) is 66.3 cm³/mol. The zero-order valence-corrected chi connectivity index (χ0v) is 10.9. The van der Waals surface area contributed by atoms with E-state index in [-0.39, 0.29) is 6.04 Å². The zero-order chi connectivity index (χ0) is 12.0. The first-order chi connectivity index (χ1) is 7.67. The van der Waals surface area contributed by atoms with Gasteiger partial charge in [-0.05, 0) is 26.7 Å². The van der Waals surface area contributed by atoms with Crippen molar-refractivity contribution in [2.75, 3.05) is 0 Å². The fourth-order valence-electron chi connectivity index (χ4n) is 1.99. The SMILES string of the molecule is CCCC(CCC)NC(C)c1n[nH]c(C)n1. The van der Waals surface area contributed by atoms with E-state index >= 15 is 0 Å². The normalized spacial score (nSPS) is 13.3. The Morgan fingerprint density at radius 3 is 2.31 bits per heavy atom. The van der Waals surface area contributed by atoms with Gasteiger partial charge in [0, 0.05) is 6.04 Å². The van der Waals surface area contributed by atoms with Gasteiger partial charge in [-0.2, -0.15) is 5.10 Å². The molecule has 0 aliphatic carbocycles. The van der Waals surface area contributed by atoms with E-state index < -0.39 is 0 Å². The van der Waals surface area contributed by atoms with Gasteiger partial charge in [-0.3, -0.25) is 5.10 Å². The van der Waals surface area contributed by atoms with Crippen LogP contribution in [0.15, 0.2) is 0 Å². The van der Waals surface area contributed by atoms with Gasteiger partial charge < -0.3 is 5.32 Å². The Bertz CT molecular complexity index is 289. The van der Waals surface area contributed by atoms with Crippen molar-refractivity contribution in [3.05, 3.63) is 11.6 Å². The molecule has 0 spiro atoms. The van der Waals surface area contributed by atoms with Gasteiger partial charge in [0.05, 0.1) is 6.04 Å². The minimum absolute atomic E-state index is 0.230. The van der Waals surface area contributed by atoms with Gasteiger partial charge >= 0.3 is 0 Å². The fourth-order valence-corrected chi connectivity index (χ4v) is 1.99. The predicted octanol–water partition coefficient (Wildman–Crippen LogP) is 2.73. The van der Waals surface area contributed by atoms with E-state index in [4.69, 9.17) is 0 Å². The van der Waals surface area contributed by atoms with Crippen molar-refractivity contribution in [2.45, 2.75) is 65.5 Å². The first-order valence-electron chi connectivity index (χ1n) is 6.32. The molecule has 16 heavy (non-hydrogen) atoms. The zero-order valence-electron chi connectivity index (χ0n) is 10.9. The highest BCUT2D eigenvalue weighted by molar-refractivity contribution is 4.94. The number of hydrogen-bond acceptors (Lipinski definition) is 3. The summed E-state index contributed by atoms with van der Waals surface area (Å²) in [6.45, 7) is 8.51. The molecule has 1 aromatic rings. The lowest BCUT2D eigenvalue weighted by molar-refractivity contribution is 0.394. The third-order valence-corrected chi connectivity index (χ3v) is 2.76. The molecule has 1 atom stereocenters. The molecule has 0 bridgehead atoms. The van der Waals surface area contributed by atoms with Crippen LogP contribution in [0.1, 0.15) is 64.1 Å². The smallest absolute Gasteiger partial charge is 0.167 e. The molecule has 4 heteroatoms. The van der Waals surface area contributed by atoms with Gasteiger partial charge in [0.15, 0.2) is 5.82 Å². The van der Waals surface area contributed by atoms with Crippen molar-refractivity contribution in [3.8, 4) is 0 Å². The van der Waals surface area contributed by atoms with Crippen LogP contribution in [0.5, 0.6) is 0 Å². The third-order valence-electron chi connectivity index (χ3n) is 2.76. The molecule has 0 amide bonds. The number of nitrogens with zero attached hydrogens (tertiary/aromatic N) is 2. The van der Waals surface area contributed by atoms with E-state index in [1.807, 2.05) is 6.92 Å².